The van der Waals surface area contributed by atoms with Crippen LogP contribution in [0.3, 0.4) is 0 Å². The lowest BCUT2D eigenvalue weighted by Gasteiger charge is -2.46. The number of hydrogen-bond donors (Lipinski definition) is 9. The van der Waals surface area contributed by atoms with Crippen molar-refractivity contribution in [3.05, 3.63) is 36.5 Å². The monoisotopic (exact) mass is 1110 g/mol. The number of carbonyl (C=O) groups is 1. The molecule has 2 rings (SSSR count). The average molecular weight is 1110 g/mol. The van der Waals surface area contributed by atoms with E-state index < -0.39 is 86.8 Å². The third-order valence-electron chi connectivity index (χ3n) is 15.8. The van der Waals surface area contributed by atoms with Gasteiger partial charge in [-0.1, -0.05) is 256 Å². The minimum atomic E-state index is -1.79. The van der Waals surface area contributed by atoms with Crippen molar-refractivity contribution in [2.24, 2.45) is 0 Å². The summed E-state index contributed by atoms with van der Waals surface area (Å²) in [6, 6.07) is -0.935. The van der Waals surface area contributed by atoms with Crippen LogP contribution in [0.25, 0.3) is 0 Å². The topological polar surface area (TPSA) is 228 Å². The van der Waals surface area contributed by atoms with Crippen molar-refractivity contribution in [3.63, 3.8) is 0 Å². The van der Waals surface area contributed by atoms with Gasteiger partial charge < -0.3 is 65.1 Å². The highest BCUT2D eigenvalue weighted by molar-refractivity contribution is 5.76. The van der Waals surface area contributed by atoms with Gasteiger partial charge in [0.15, 0.2) is 12.6 Å². The summed E-state index contributed by atoms with van der Waals surface area (Å²) in [5.41, 5.74) is 0. The van der Waals surface area contributed by atoms with Gasteiger partial charge >= 0.3 is 0 Å². The zero-order chi connectivity index (χ0) is 56.7. The molecule has 0 spiro atoms. The Bertz CT molecular complexity index is 1450. The summed E-state index contributed by atoms with van der Waals surface area (Å²) in [7, 11) is 0. The Balaban J connectivity index is 1.71. The van der Waals surface area contributed by atoms with Gasteiger partial charge in [0.2, 0.25) is 5.91 Å². The lowest BCUT2D eigenvalue weighted by atomic mass is 9.97. The van der Waals surface area contributed by atoms with Crippen LogP contribution in [-0.4, -0.2) is 140 Å². The van der Waals surface area contributed by atoms with E-state index in [1.165, 1.54) is 193 Å². The second-order valence-corrected chi connectivity index (χ2v) is 22.9. The Morgan fingerprint density at radius 1 is 0.449 bits per heavy atom. The number of allylic oxidation sites excluding steroid dienone is 5. The van der Waals surface area contributed by atoms with E-state index in [1.54, 1.807) is 6.08 Å². The van der Waals surface area contributed by atoms with Gasteiger partial charge in [-0.15, -0.1) is 0 Å². The van der Waals surface area contributed by atoms with Crippen LogP contribution in [0.1, 0.15) is 271 Å². The predicted octanol–water partition coefficient (Wildman–Crippen LogP) is 11.8. The second-order valence-electron chi connectivity index (χ2n) is 22.9. The van der Waals surface area contributed by atoms with E-state index in [4.69, 9.17) is 18.9 Å². The molecule has 2 heterocycles. The molecule has 78 heavy (non-hydrogen) atoms. The molecule has 458 valence electrons. The van der Waals surface area contributed by atoms with Gasteiger partial charge in [0, 0.05) is 6.42 Å². The van der Waals surface area contributed by atoms with E-state index in [-0.39, 0.29) is 18.9 Å². The van der Waals surface area contributed by atoms with E-state index in [0.717, 1.165) is 44.9 Å². The van der Waals surface area contributed by atoms with Gasteiger partial charge in [-0.2, -0.15) is 0 Å². The van der Waals surface area contributed by atoms with Crippen LogP contribution < -0.4 is 5.32 Å². The zero-order valence-electron chi connectivity index (χ0n) is 49.4. The molecule has 0 aliphatic carbocycles. The molecule has 2 aliphatic rings. The van der Waals surface area contributed by atoms with Crippen molar-refractivity contribution in [1.29, 1.82) is 0 Å². The van der Waals surface area contributed by atoms with Gasteiger partial charge in [0.25, 0.3) is 0 Å². The first kappa shape index (κ1) is 72.3. The molecule has 0 saturated carbocycles. The molecule has 0 aromatic heterocycles. The molecule has 2 saturated heterocycles. The van der Waals surface area contributed by atoms with Gasteiger partial charge in [0.1, 0.15) is 48.8 Å². The first-order chi connectivity index (χ1) is 38.1. The van der Waals surface area contributed by atoms with Crippen molar-refractivity contribution in [1.82, 2.24) is 5.32 Å². The molecular formula is C64H119NO13. The van der Waals surface area contributed by atoms with Crippen LogP contribution in [-0.2, 0) is 23.7 Å². The first-order valence-corrected chi connectivity index (χ1v) is 32.2. The Labute approximate surface area is 474 Å². The molecule has 14 heteroatoms. The molecule has 0 radical (unpaired) electrons. The number of aliphatic hydroxyl groups is 8. The minimum Gasteiger partial charge on any atom is -0.394 e. The maximum atomic E-state index is 13.2. The molecule has 0 aromatic carbocycles. The quantitative estimate of drug-likeness (QED) is 0.0204. The summed E-state index contributed by atoms with van der Waals surface area (Å²) in [5, 5.41) is 87.1. The number of rotatable bonds is 52. The highest BCUT2D eigenvalue weighted by atomic mass is 16.7. The molecule has 2 aliphatic heterocycles. The molecule has 9 N–H and O–H groups in total. The molecule has 1 amide bonds. The van der Waals surface area contributed by atoms with Gasteiger partial charge in [0.05, 0.1) is 32.0 Å². The molecule has 14 nitrogen and oxygen atoms in total. The summed E-state index contributed by atoms with van der Waals surface area (Å²) < 4.78 is 22.8. The average Bonchev–Trinajstić information content (AvgIpc) is 3.48. The van der Waals surface area contributed by atoms with Crippen molar-refractivity contribution < 1.29 is 64.6 Å². The Kier molecular flexibility index (Phi) is 46.2. The second kappa shape index (κ2) is 49.8. The number of amides is 1. The first-order valence-electron chi connectivity index (χ1n) is 32.2. The lowest BCUT2D eigenvalue weighted by molar-refractivity contribution is -0.359. The normalized spacial score (nSPS) is 24.7. The third kappa shape index (κ3) is 34.6. The number of hydrogen-bond acceptors (Lipinski definition) is 13. The summed E-state index contributed by atoms with van der Waals surface area (Å²) in [4.78, 5) is 13.2. The van der Waals surface area contributed by atoms with Crippen LogP contribution in [0.15, 0.2) is 36.5 Å². The Morgan fingerprint density at radius 3 is 1.26 bits per heavy atom. The fourth-order valence-electron chi connectivity index (χ4n) is 10.6. The summed E-state index contributed by atoms with van der Waals surface area (Å²) in [6.45, 7) is 2.80. The number of nitrogens with one attached hydrogen (secondary N) is 1. The van der Waals surface area contributed by atoms with Gasteiger partial charge in [-0.3, -0.25) is 4.79 Å². The number of carbonyl (C=O) groups excluding carboxylic acids is 1. The number of ether oxygens (including phenoxy) is 4. The van der Waals surface area contributed by atoms with E-state index in [1.807, 2.05) is 6.08 Å². The SMILES string of the molecule is CCCCCCCCCCCCCCCCCCCCCC/C=C/CC/C=C/CC/C=C/C(O)C(COC1OC(CO)C(OC2OC(CO)C(O)C(O)C2O)C(O)C1O)NC(=O)CCCCCCCCCCCCCCCC. The highest BCUT2D eigenvalue weighted by Crippen LogP contribution is 2.30. The fourth-order valence-corrected chi connectivity index (χ4v) is 10.6. The van der Waals surface area contributed by atoms with Crippen molar-refractivity contribution in [3.8, 4) is 0 Å². The number of aliphatic hydroxyl groups excluding tert-OH is 8. The summed E-state index contributed by atoms with van der Waals surface area (Å²) in [5.74, 6) is -0.251. The maximum absolute atomic E-state index is 13.2. The molecule has 2 fully saturated rings. The standard InChI is InChI=1S/C64H119NO13/c1-3-5-7-9-11-13-15-17-19-20-21-22-23-24-25-26-27-28-29-30-31-32-33-34-35-37-39-41-43-45-47-53(68)52(65-56(69)48-46-44-42-40-38-36-18-16-14-12-10-8-6-4-2)51-75-63-61(74)59(72)62(55(50-67)77-63)78-64-60(73)58(71)57(70)54(49-66)76-64/h32-33,37,39,45,47,52-55,57-64,66-68,70-74H,3-31,34-36,38,40-44,46,48-51H2,1-2H3,(H,65,69)/b33-32+,39-37+,47-45+. The predicted molar refractivity (Wildman–Crippen MR) is 314 cm³/mol. The van der Waals surface area contributed by atoms with Gasteiger partial charge in [-0.25, -0.2) is 0 Å². The van der Waals surface area contributed by atoms with Crippen molar-refractivity contribution >= 4 is 5.91 Å². The zero-order valence-corrected chi connectivity index (χ0v) is 49.4. The molecule has 12 unspecified atom stereocenters. The van der Waals surface area contributed by atoms with Gasteiger partial charge in [-0.05, 0) is 44.9 Å². The highest BCUT2D eigenvalue weighted by Gasteiger charge is 2.51. The summed E-state index contributed by atoms with van der Waals surface area (Å²) in [6.07, 6.45) is 45.0. The van der Waals surface area contributed by atoms with E-state index in [2.05, 4.69) is 43.5 Å². The molecule has 12 atom stereocenters. The minimum absolute atomic E-state index is 0.251. The Hall–Kier alpha value is -1.79. The smallest absolute Gasteiger partial charge is 0.220 e. The van der Waals surface area contributed by atoms with Crippen molar-refractivity contribution in [2.75, 3.05) is 19.8 Å². The molecule has 0 aromatic rings. The summed E-state index contributed by atoms with van der Waals surface area (Å²) >= 11 is 0. The molecular weight excluding hydrogens is 991 g/mol. The fraction of sp³-hybridized carbons (Fsp3) is 0.891. The number of unbranched alkanes of at least 4 members (excludes halogenated alkanes) is 35. The van der Waals surface area contributed by atoms with E-state index >= 15 is 0 Å². The van der Waals surface area contributed by atoms with Crippen LogP contribution in [0.4, 0.5) is 0 Å². The van der Waals surface area contributed by atoms with Crippen LogP contribution in [0.2, 0.25) is 0 Å². The third-order valence-corrected chi connectivity index (χ3v) is 15.8. The van der Waals surface area contributed by atoms with Crippen LogP contribution in [0, 0.1) is 0 Å². The van der Waals surface area contributed by atoms with E-state index in [0.29, 0.717) is 12.8 Å². The van der Waals surface area contributed by atoms with Crippen LogP contribution in [0.5, 0.6) is 0 Å². The maximum Gasteiger partial charge on any atom is 0.220 e. The Morgan fingerprint density at radius 2 is 0.821 bits per heavy atom. The lowest BCUT2D eigenvalue weighted by Crippen LogP contribution is -2.65. The van der Waals surface area contributed by atoms with E-state index in [9.17, 15) is 45.6 Å². The largest absolute Gasteiger partial charge is 0.394 e. The van der Waals surface area contributed by atoms with Crippen molar-refractivity contribution in [2.45, 2.75) is 344 Å². The molecule has 0 bridgehead atoms. The van der Waals surface area contributed by atoms with Crippen LogP contribution >= 0.6 is 0 Å².